The first kappa shape index (κ1) is 21.6. The Kier molecular flexibility index (Phi) is 7.60. The molecule has 1 N–H and O–H groups in total. The number of fused-ring (bicyclic) bond motifs is 1. The van der Waals surface area contributed by atoms with Gasteiger partial charge in [0.1, 0.15) is 0 Å². The number of nitrogens with zero attached hydrogens (tertiary/aromatic N) is 5. The van der Waals surface area contributed by atoms with Crippen molar-refractivity contribution in [2.45, 2.75) is 25.6 Å². The van der Waals surface area contributed by atoms with Crippen LogP contribution in [0.25, 0.3) is 0 Å². The molecule has 1 aromatic carbocycles. The van der Waals surface area contributed by atoms with E-state index in [9.17, 15) is 0 Å². The van der Waals surface area contributed by atoms with Crippen molar-refractivity contribution in [3.63, 3.8) is 0 Å². The number of hydrogen-bond donors (Lipinski definition) is 1. The molecule has 0 amide bonds. The zero-order valence-electron chi connectivity index (χ0n) is 18.7. The lowest BCUT2D eigenvalue weighted by atomic mass is 10.1. The fourth-order valence-corrected chi connectivity index (χ4v) is 4.93. The van der Waals surface area contributed by atoms with Crippen LogP contribution < -0.4 is 5.32 Å². The van der Waals surface area contributed by atoms with E-state index in [1.54, 1.807) is 0 Å². The van der Waals surface area contributed by atoms with E-state index in [4.69, 9.17) is 4.74 Å². The third kappa shape index (κ3) is 5.32. The Morgan fingerprint density at radius 3 is 2.57 bits per heavy atom. The van der Waals surface area contributed by atoms with E-state index in [1.807, 2.05) is 7.05 Å². The monoisotopic (exact) mass is 414 g/mol. The maximum atomic E-state index is 6.14. The Labute approximate surface area is 181 Å². The third-order valence-corrected chi connectivity index (χ3v) is 6.78. The first-order chi connectivity index (χ1) is 14.8. The molecule has 0 aromatic heterocycles. The number of hydrogen-bond acceptors (Lipinski definition) is 5. The third-order valence-electron chi connectivity index (χ3n) is 6.78. The lowest BCUT2D eigenvalue weighted by molar-refractivity contribution is -0.0502. The molecular weight excluding hydrogens is 376 g/mol. The molecule has 4 rings (SSSR count). The van der Waals surface area contributed by atoms with Crippen LogP contribution in [0, 0.1) is 0 Å². The van der Waals surface area contributed by atoms with Gasteiger partial charge in [-0.15, -0.1) is 0 Å². The molecule has 0 radical (unpaired) electrons. The minimum Gasteiger partial charge on any atom is -0.373 e. The average molecular weight is 415 g/mol. The molecule has 7 nitrogen and oxygen atoms in total. The number of piperazine rings is 1. The highest BCUT2D eigenvalue weighted by Gasteiger charge is 2.41. The van der Waals surface area contributed by atoms with E-state index in [-0.39, 0.29) is 6.10 Å². The number of nitrogens with one attached hydrogen (secondary N) is 1. The highest BCUT2D eigenvalue weighted by molar-refractivity contribution is 5.80. The van der Waals surface area contributed by atoms with Crippen molar-refractivity contribution in [3.05, 3.63) is 35.9 Å². The van der Waals surface area contributed by atoms with Gasteiger partial charge in [0.05, 0.1) is 18.8 Å². The predicted molar refractivity (Wildman–Crippen MR) is 122 cm³/mol. The number of rotatable bonds is 6. The Morgan fingerprint density at radius 2 is 1.83 bits per heavy atom. The van der Waals surface area contributed by atoms with Crippen LogP contribution in [0.4, 0.5) is 0 Å². The fourth-order valence-electron chi connectivity index (χ4n) is 4.93. The van der Waals surface area contributed by atoms with Crippen LogP contribution in [0.5, 0.6) is 0 Å². The normalized spacial score (nSPS) is 26.7. The summed E-state index contributed by atoms with van der Waals surface area (Å²) in [6, 6.07) is 11.2. The summed E-state index contributed by atoms with van der Waals surface area (Å²) in [4.78, 5) is 14.6. The molecule has 0 spiro atoms. The van der Waals surface area contributed by atoms with E-state index in [0.29, 0.717) is 6.04 Å². The molecule has 2 unspecified atom stereocenters. The second-order valence-electron chi connectivity index (χ2n) is 8.59. The van der Waals surface area contributed by atoms with Crippen LogP contribution >= 0.6 is 0 Å². The number of likely N-dealkylation sites (tertiary alicyclic amines) is 1. The van der Waals surface area contributed by atoms with Crippen molar-refractivity contribution >= 4 is 5.96 Å². The standard InChI is InChI=1S/C23H38N6O/c1-3-26-11-13-27(14-12-26)10-9-25-23(24-2)29-18-21-22(19-29)30-16-15-28(21)17-20-7-5-4-6-8-20/h4-8,21-22H,3,9-19H2,1-2H3,(H,24,25). The van der Waals surface area contributed by atoms with Crippen molar-refractivity contribution in [1.29, 1.82) is 0 Å². The Hall–Kier alpha value is -1.67. The second kappa shape index (κ2) is 10.6. The number of benzene rings is 1. The molecule has 3 fully saturated rings. The van der Waals surface area contributed by atoms with Gasteiger partial charge in [-0.3, -0.25) is 14.8 Å². The molecule has 166 valence electrons. The molecule has 3 aliphatic rings. The molecule has 1 aromatic rings. The van der Waals surface area contributed by atoms with Gasteiger partial charge in [0.15, 0.2) is 5.96 Å². The Morgan fingerprint density at radius 1 is 1.07 bits per heavy atom. The van der Waals surface area contributed by atoms with Gasteiger partial charge in [0, 0.05) is 72.5 Å². The number of aliphatic imine (C=N–C) groups is 1. The number of morpholine rings is 1. The second-order valence-corrected chi connectivity index (χ2v) is 8.59. The van der Waals surface area contributed by atoms with Gasteiger partial charge in [0.25, 0.3) is 0 Å². The summed E-state index contributed by atoms with van der Waals surface area (Å²) >= 11 is 0. The summed E-state index contributed by atoms with van der Waals surface area (Å²) in [6.45, 7) is 14.9. The van der Waals surface area contributed by atoms with Crippen molar-refractivity contribution < 1.29 is 4.74 Å². The zero-order chi connectivity index (χ0) is 20.8. The fraction of sp³-hybridized carbons (Fsp3) is 0.696. The summed E-state index contributed by atoms with van der Waals surface area (Å²) < 4.78 is 6.14. The smallest absolute Gasteiger partial charge is 0.193 e. The van der Waals surface area contributed by atoms with Gasteiger partial charge >= 0.3 is 0 Å². The van der Waals surface area contributed by atoms with E-state index in [2.05, 4.69) is 67.2 Å². The van der Waals surface area contributed by atoms with Crippen LogP contribution in [0.3, 0.4) is 0 Å². The van der Waals surface area contributed by atoms with Crippen molar-refractivity contribution in [1.82, 2.24) is 24.9 Å². The molecule has 0 saturated carbocycles. The highest BCUT2D eigenvalue weighted by Crippen LogP contribution is 2.24. The van der Waals surface area contributed by atoms with Crippen molar-refractivity contribution in [2.75, 3.05) is 79.1 Å². The van der Waals surface area contributed by atoms with Gasteiger partial charge in [0.2, 0.25) is 0 Å². The van der Waals surface area contributed by atoms with Gasteiger partial charge in [-0.25, -0.2) is 0 Å². The first-order valence-electron chi connectivity index (χ1n) is 11.6. The van der Waals surface area contributed by atoms with Crippen molar-refractivity contribution in [3.8, 4) is 0 Å². The molecule has 3 heterocycles. The molecular formula is C23H38N6O. The maximum Gasteiger partial charge on any atom is 0.193 e. The Balaban J connectivity index is 1.26. The molecule has 3 aliphatic heterocycles. The molecule has 7 heteroatoms. The largest absolute Gasteiger partial charge is 0.373 e. The lowest BCUT2D eigenvalue weighted by Crippen LogP contribution is -2.50. The average Bonchev–Trinajstić information content (AvgIpc) is 3.23. The molecule has 0 bridgehead atoms. The zero-order valence-corrected chi connectivity index (χ0v) is 18.7. The number of likely N-dealkylation sites (N-methyl/N-ethyl adjacent to an activating group) is 1. The molecule has 3 saturated heterocycles. The van der Waals surface area contributed by atoms with Gasteiger partial charge in [-0.2, -0.15) is 0 Å². The van der Waals surface area contributed by atoms with E-state index < -0.39 is 0 Å². The van der Waals surface area contributed by atoms with E-state index in [0.717, 1.165) is 51.8 Å². The summed E-state index contributed by atoms with van der Waals surface area (Å²) in [5.41, 5.74) is 1.38. The minimum absolute atomic E-state index is 0.267. The van der Waals surface area contributed by atoms with Crippen molar-refractivity contribution in [2.24, 2.45) is 4.99 Å². The van der Waals surface area contributed by atoms with E-state index >= 15 is 0 Å². The number of ether oxygens (including phenoxy) is 1. The maximum absolute atomic E-state index is 6.14. The predicted octanol–water partition coefficient (Wildman–Crippen LogP) is 0.785. The van der Waals surface area contributed by atoms with Crippen LogP contribution in [0.2, 0.25) is 0 Å². The van der Waals surface area contributed by atoms with Crippen LogP contribution in [-0.2, 0) is 11.3 Å². The summed E-state index contributed by atoms with van der Waals surface area (Å²) in [5.74, 6) is 1.01. The minimum atomic E-state index is 0.267. The molecule has 0 aliphatic carbocycles. The van der Waals surface area contributed by atoms with Gasteiger partial charge in [-0.05, 0) is 12.1 Å². The topological polar surface area (TPSA) is 46.6 Å². The highest BCUT2D eigenvalue weighted by atomic mass is 16.5. The van der Waals surface area contributed by atoms with Crippen LogP contribution in [0.15, 0.2) is 35.3 Å². The van der Waals surface area contributed by atoms with Crippen LogP contribution in [-0.4, -0.2) is 117 Å². The molecule has 30 heavy (non-hydrogen) atoms. The first-order valence-corrected chi connectivity index (χ1v) is 11.6. The quantitative estimate of drug-likeness (QED) is 0.549. The summed E-state index contributed by atoms with van der Waals surface area (Å²) in [6.07, 6.45) is 0.267. The molecule has 2 atom stereocenters. The van der Waals surface area contributed by atoms with Crippen LogP contribution in [0.1, 0.15) is 12.5 Å². The summed E-state index contributed by atoms with van der Waals surface area (Å²) in [5, 5.41) is 3.60. The Bertz CT molecular complexity index is 676. The van der Waals surface area contributed by atoms with E-state index in [1.165, 1.54) is 38.3 Å². The van der Waals surface area contributed by atoms with Gasteiger partial charge < -0.3 is 19.9 Å². The SMILES string of the molecule is CCN1CCN(CCNC(=NC)N2CC3OCCN(Cc4ccccc4)C3C2)CC1. The number of guanidine groups is 1. The summed E-state index contributed by atoms with van der Waals surface area (Å²) in [7, 11) is 1.90. The van der Waals surface area contributed by atoms with Gasteiger partial charge in [-0.1, -0.05) is 37.3 Å². The lowest BCUT2D eigenvalue weighted by Gasteiger charge is -2.36.